The average molecular weight is 424 g/mol. The summed E-state index contributed by atoms with van der Waals surface area (Å²) in [6.07, 6.45) is 10.3. The first-order valence-corrected chi connectivity index (χ1v) is 11.8. The number of ether oxygens (including phenoxy) is 1. The van der Waals surface area contributed by atoms with Gasteiger partial charge in [0, 0.05) is 29.6 Å². The number of aromatic nitrogens is 2. The topological polar surface area (TPSA) is 70.1 Å². The number of nitrogens with two attached hydrogens (primary N) is 1. The first-order valence-electron chi connectivity index (χ1n) is 11.8. The lowest BCUT2D eigenvalue weighted by Gasteiger charge is -2.59. The van der Waals surface area contributed by atoms with Gasteiger partial charge < -0.3 is 15.0 Å². The second-order valence-corrected chi connectivity index (χ2v) is 10.3. The Morgan fingerprint density at radius 1 is 1.26 bits per heavy atom. The molecule has 3 atom stereocenters. The average Bonchev–Trinajstić information content (AvgIpc) is 3.33. The van der Waals surface area contributed by atoms with Crippen molar-refractivity contribution in [1.82, 2.24) is 9.55 Å². The normalized spacial score (nSPS) is 34.7. The van der Waals surface area contributed by atoms with Gasteiger partial charge in [0.25, 0.3) is 0 Å². The van der Waals surface area contributed by atoms with Crippen molar-refractivity contribution in [3.05, 3.63) is 42.1 Å². The number of fused-ring (bicyclic) bond motifs is 3. The zero-order valence-corrected chi connectivity index (χ0v) is 17.8. The van der Waals surface area contributed by atoms with Crippen molar-refractivity contribution in [2.45, 2.75) is 57.1 Å². The van der Waals surface area contributed by atoms with Crippen LogP contribution < -0.4 is 5.73 Å². The van der Waals surface area contributed by atoms with Gasteiger partial charge in [-0.1, -0.05) is 12.1 Å². The van der Waals surface area contributed by atoms with E-state index in [1.807, 2.05) is 10.6 Å². The van der Waals surface area contributed by atoms with Gasteiger partial charge in [0.05, 0.1) is 30.4 Å². The summed E-state index contributed by atoms with van der Waals surface area (Å²) >= 11 is 0. The number of hydrogen-bond donors (Lipinski definition) is 1. The number of ketones is 1. The molecule has 5 aliphatic rings. The molecule has 2 heterocycles. The first-order chi connectivity index (χ1) is 15.1. The predicted octanol–water partition coefficient (Wildman–Crippen LogP) is 4.11. The number of rotatable bonds is 7. The van der Waals surface area contributed by atoms with Crippen molar-refractivity contribution in [2.24, 2.45) is 28.9 Å². The monoisotopic (exact) mass is 423 g/mol. The Bertz CT molecular complexity index is 1000. The zero-order chi connectivity index (χ0) is 21.2. The van der Waals surface area contributed by atoms with Crippen LogP contribution in [0.4, 0.5) is 4.39 Å². The number of imidazole rings is 1. The molecule has 4 bridgehead atoms. The van der Waals surface area contributed by atoms with Crippen LogP contribution in [0.1, 0.15) is 56.6 Å². The highest BCUT2D eigenvalue weighted by molar-refractivity contribution is 5.87. The van der Waals surface area contributed by atoms with Gasteiger partial charge >= 0.3 is 0 Å². The summed E-state index contributed by atoms with van der Waals surface area (Å²) in [6.45, 7) is 1.38. The minimum atomic E-state index is -0.286. The highest BCUT2D eigenvalue weighted by Crippen LogP contribution is 2.62. The maximum absolute atomic E-state index is 14.8. The number of halogens is 1. The van der Waals surface area contributed by atoms with E-state index in [1.165, 1.54) is 18.9 Å². The predicted molar refractivity (Wildman–Crippen MR) is 115 cm³/mol. The maximum Gasteiger partial charge on any atom is 0.141 e. The van der Waals surface area contributed by atoms with Gasteiger partial charge in [0.15, 0.2) is 0 Å². The van der Waals surface area contributed by atoms with E-state index in [9.17, 15) is 9.18 Å². The second kappa shape index (κ2) is 7.24. The molecule has 0 saturated heterocycles. The highest BCUT2D eigenvalue weighted by atomic mass is 19.1. The summed E-state index contributed by atoms with van der Waals surface area (Å²) in [5, 5.41) is 0. The molecular formula is C25H30FN3O2. The van der Waals surface area contributed by atoms with Crippen LogP contribution in [0.2, 0.25) is 0 Å². The fraction of sp³-hybridized carbons (Fsp3) is 0.600. The molecule has 1 aromatic carbocycles. The molecular weight excluding hydrogens is 393 g/mol. The molecule has 0 spiro atoms. The third-order valence-corrected chi connectivity index (χ3v) is 8.48. The van der Waals surface area contributed by atoms with Crippen LogP contribution >= 0.6 is 0 Å². The molecule has 31 heavy (non-hydrogen) atoms. The van der Waals surface area contributed by atoms with E-state index in [0.717, 1.165) is 43.5 Å². The quantitative estimate of drug-likeness (QED) is 0.681. The molecule has 1 aliphatic heterocycles. The van der Waals surface area contributed by atoms with Crippen molar-refractivity contribution in [1.29, 1.82) is 0 Å². The Morgan fingerprint density at radius 3 is 2.84 bits per heavy atom. The molecule has 4 aliphatic carbocycles. The second-order valence-electron chi connectivity index (χ2n) is 10.3. The summed E-state index contributed by atoms with van der Waals surface area (Å²) in [4.78, 5) is 18.1. The van der Waals surface area contributed by atoms with Crippen LogP contribution in [-0.4, -0.2) is 34.6 Å². The van der Waals surface area contributed by atoms with E-state index in [-0.39, 0.29) is 23.4 Å². The van der Waals surface area contributed by atoms with Crippen molar-refractivity contribution in [3.8, 4) is 11.3 Å². The minimum absolute atomic E-state index is 0.224. The van der Waals surface area contributed by atoms with E-state index >= 15 is 0 Å². The lowest BCUT2D eigenvalue weighted by Crippen LogP contribution is -2.57. The Labute approximate surface area is 182 Å². The number of benzene rings is 1. The first kappa shape index (κ1) is 19.6. The van der Waals surface area contributed by atoms with Crippen LogP contribution in [0.25, 0.3) is 11.3 Å². The summed E-state index contributed by atoms with van der Waals surface area (Å²) in [5.74, 6) is 1.67. The van der Waals surface area contributed by atoms with Gasteiger partial charge in [0.2, 0.25) is 0 Å². The molecule has 4 fully saturated rings. The number of nitrogens with zero attached hydrogens (tertiary/aromatic N) is 2. The Morgan fingerprint density at radius 2 is 2.06 bits per heavy atom. The van der Waals surface area contributed by atoms with Crippen LogP contribution in [-0.2, 0) is 9.53 Å². The Balaban J connectivity index is 1.25. The number of hydrogen-bond acceptors (Lipinski definition) is 4. The lowest BCUT2D eigenvalue weighted by molar-refractivity contribution is -0.172. The summed E-state index contributed by atoms with van der Waals surface area (Å²) in [5.41, 5.74) is 7.82. The largest absolute Gasteiger partial charge is 0.378 e. The van der Waals surface area contributed by atoms with Gasteiger partial charge in [-0.15, -0.1) is 0 Å². The van der Waals surface area contributed by atoms with Gasteiger partial charge in [-0.25, -0.2) is 9.37 Å². The van der Waals surface area contributed by atoms with Crippen molar-refractivity contribution in [3.63, 3.8) is 0 Å². The van der Waals surface area contributed by atoms with E-state index in [2.05, 4.69) is 4.98 Å². The number of carbonyl (C=O) groups excluding carboxylic acids is 1. The molecule has 7 rings (SSSR count). The number of carbonyl (C=O) groups is 1. The van der Waals surface area contributed by atoms with Gasteiger partial charge in [-0.2, -0.15) is 0 Å². The fourth-order valence-electron chi connectivity index (χ4n) is 7.49. The molecule has 6 heteroatoms. The van der Waals surface area contributed by atoms with Crippen molar-refractivity contribution in [2.75, 3.05) is 13.2 Å². The zero-order valence-electron chi connectivity index (χ0n) is 17.8. The van der Waals surface area contributed by atoms with Gasteiger partial charge in [-0.05, 0) is 68.9 Å². The smallest absolute Gasteiger partial charge is 0.141 e. The molecule has 5 nitrogen and oxygen atoms in total. The maximum atomic E-state index is 14.8. The van der Waals surface area contributed by atoms with Crippen molar-refractivity contribution < 1.29 is 13.9 Å². The molecule has 4 saturated carbocycles. The summed E-state index contributed by atoms with van der Waals surface area (Å²) in [6, 6.07) is 4.89. The molecule has 0 amide bonds. The van der Waals surface area contributed by atoms with Crippen molar-refractivity contribution >= 4 is 5.78 Å². The van der Waals surface area contributed by atoms with Crippen LogP contribution in [0.15, 0.2) is 30.7 Å². The molecule has 2 aromatic rings. The van der Waals surface area contributed by atoms with Crippen LogP contribution in [0, 0.1) is 29.0 Å². The molecule has 2 N–H and O–H groups in total. The third kappa shape index (κ3) is 2.94. The van der Waals surface area contributed by atoms with Gasteiger partial charge in [0.1, 0.15) is 11.6 Å². The molecule has 3 unspecified atom stereocenters. The highest BCUT2D eigenvalue weighted by Gasteiger charge is 2.58. The third-order valence-electron chi connectivity index (χ3n) is 8.48. The van der Waals surface area contributed by atoms with Crippen LogP contribution in [0.5, 0.6) is 0 Å². The lowest BCUT2D eigenvalue weighted by atomic mass is 9.47. The summed E-state index contributed by atoms with van der Waals surface area (Å²) in [7, 11) is 0. The Hall–Kier alpha value is -2.05. The number of Topliss-reactive ketones (excluding diaryl/α,β-unsaturated/α-hetero) is 1. The van der Waals surface area contributed by atoms with E-state index < -0.39 is 0 Å². The molecule has 1 aromatic heterocycles. The SMILES string of the molecule is NCCCOC1C2CC3CC1CC(C(=O)CC1c4c(F)cccc4-c4cncn41)(C3)C2. The standard InChI is InChI=1S/C25H30FN3O2/c26-19-4-1-3-18-21-13-28-14-29(21)20(23(18)19)9-22(30)25-10-15-7-16(11-25)24(17(8-15)12-25)31-6-2-5-27/h1,3-4,13-17,20,24H,2,5-12,27H2. The van der Waals surface area contributed by atoms with E-state index in [1.54, 1.807) is 18.6 Å². The molecule has 0 radical (unpaired) electrons. The summed E-state index contributed by atoms with van der Waals surface area (Å²) < 4.78 is 23.1. The minimum Gasteiger partial charge on any atom is -0.378 e. The Kier molecular flexibility index (Phi) is 4.58. The van der Waals surface area contributed by atoms with Gasteiger partial charge in [-0.3, -0.25) is 4.79 Å². The molecule has 164 valence electrons. The fourth-order valence-corrected chi connectivity index (χ4v) is 7.49. The van der Waals surface area contributed by atoms with Crippen LogP contribution in [0.3, 0.4) is 0 Å². The van der Waals surface area contributed by atoms with E-state index in [4.69, 9.17) is 10.5 Å². The van der Waals surface area contributed by atoms with E-state index in [0.29, 0.717) is 42.1 Å².